The Morgan fingerprint density at radius 2 is 2.09 bits per heavy atom. The highest BCUT2D eigenvalue weighted by atomic mass is 35.5. The lowest BCUT2D eigenvalue weighted by molar-refractivity contribution is 0.483. The number of halogens is 1. The molecule has 0 aliphatic carbocycles. The molecule has 0 saturated carbocycles. The van der Waals surface area contributed by atoms with Gasteiger partial charge in [-0.3, -0.25) is 9.89 Å². The van der Waals surface area contributed by atoms with Crippen LogP contribution in [0.3, 0.4) is 0 Å². The molecule has 0 radical (unpaired) electrons. The molecule has 1 aliphatic heterocycles. The van der Waals surface area contributed by atoms with E-state index in [-0.39, 0.29) is 23.1 Å². The Bertz CT molecular complexity index is 867. The van der Waals surface area contributed by atoms with Crippen LogP contribution in [0.5, 0.6) is 0 Å². The first-order valence-corrected chi connectivity index (χ1v) is 9.31. The molecule has 1 atom stereocenters. The summed E-state index contributed by atoms with van der Waals surface area (Å²) in [6.45, 7) is 1.83. The summed E-state index contributed by atoms with van der Waals surface area (Å²) in [7, 11) is -3.03. The van der Waals surface area contributed by atoms with Gasteiger partial charge < -0.3 is 0 Å². The summed E-state index contributed by atoms with van der Waals surface area (Å²) in [5.74, 6) is 0.167. The molecule has 7 heteroatoms. The van der Waals surface area contributed by atoms with Crippen molar-refractivity contribution in [3.8, 4) is 0 Å². The first kappa shape index (κ1) is 15.4. The lowest BCUT2D eigenvalue weighted by atomic mass is 10.1. The zero-order chi connectivity index (χ0) is 15.9. The molecule has 0 unspecified atom stereocenters. The third-order valence-electron chi connectivity index (χ3n) is 4.12. The zero-order valence-corrected chi connectivity index (χ0v) is 13.7. The second-order valence-corrected chi connectivity index (χ2v) is 8.35. The monoisotopic (exact) mass is 340 g/mol. The van der Waals surface area contributed by atoms with Crippen LogP contribution in [-0.4, -0.2) is 29.7 Å². The van der Waals surface area contributed by atoms with Crippen molar-refractivity contribution in [3.63, 3.8) is 0 Å². The standard InChI is InChI=1S/C15H17ClN2O3S/c1-10-13(8-11-4-2-3-5-14(11)16)15(19)18(17-10)12-6-7-22(20,21)9-12/h2-5,12,17H,6-9H2,1H3/t12-/m1/s1. The normalized spacial score (nSPS) is 20.4. The van der Waals surface area contributed by atoms with Crippen LogP contribution in [0.2, 0.25) is 5.02 Å². The SMILES string of the molecule is Cc1[nH]n([C@@H]2CCS(=O)(=O)C2)c(=O)c1Cc1ccccc1Cl. The van der Waals surface area contributed by atoms with E-state index in [1.54, 1.807) is 6.07 Å². The number of nitrogens with zero attached hydrogens (tertiary/aromatic N) is 1. The van der Waals surface area contributed by atoms with Crippen LogP contribution in [0, 0.1) is 6.92 Å². The maximum atomic E-state index is 12.6. The van der Waals surface area contributed by atoms with E-state index >= 15 is 0 Å². The largest absolute Gasteiger partial charge is 0.299 e. The minimum atomic E-state index is -3.03. The lowest BCUT2D eigenvalue weighted by Gasteiger charge is -2.07. The van der Waals surface area contributed by atoms with Gasteiger partial charge >= 0.3 is 0 Å². The molecule has 1 saturated heterocycles. The fourth-order valence-corrected chi connectivity index (χ4v) is 4.78. The van der Waals surface area contributed by atoms with E-state index in [2.05, 4.69) is 5.10 Å². The van der Waals surface area contributed by atoms with Gasteiger partial charge in [-0.1, -0.05) is 29.8 Å². The highest BCUT2D eigenvalue weighted by Gasteiger charge is 2.31. The van der Waals surface area contributed by atoms with Crippen LogP contribution in [-0.2, 0) is 16.3 Å². The lowest BCUT2D eigenvalue weighted by Crippen LogP contribution is -2.25. The fourth-order valence-electron chi connectivity index (χ4n) is 2.88. The van der Waals surface area contributed by atoms with Crippen molar-refractivity contribution in [2.24, 2.45) is 0 Å². The molecule has 5 nitrogen and oxygen atoms in total. The molecule has 0 amide bonds. The highest BCUT2D eigenvalue weighted by Crippen LogP contribution is 2.23. The minimum Gasteiger partial charge on any atom is -0.299 e. The summed E-state index contributed by atoms with van der Waals surface area (Å²) in [4.78, 5) is 12.6. The van der Waals surface area contributed by atoms with Crippen molar-refractivity contribution in [1.82, 2.24) is 9.78 Å². The Morgan fingerprint density at radius 3 is 2.73 bits per heavy atom. The molecule has 2 aromatic rings. The second-order valence-electron chi connectivity index (χ2n) is 5.72. The third kappa shape index (κ3) is 2.85. The van der Waals surface area contributed by atoms with Gasteiger partial charge in [0.25, 0.3) is 5.56 Å². The first-order chi connectivity index (χ1) is 10.4. The number of aromatic amines is 1. The average Bonchev–Trinajstić information content (AvgIpc) is 2.95. The Kier molecular flexibility index (Phi) is 3.91. The van der Waals surface area contributed by atoms with Crippen LogP contribution >= 0.6 is 11.6 Å². The maximum absolute atomic E-state index is 12.6. The number of aryl methyl sites for hydroxylation is 1. The van der Waals surface area contributed by atoms with Crippen LogP contribution < -0.4 is 5.56 Å². The number of H-pyrrole nitrogens is 1. The molecule has 3 rings (SSSR count). The summed E-state index contributed by atoms with van der Waals surface area (Å²) in [6.07, 6.45) is 0.918. The summed E-state index contributed by atoms with van der Waals surface area (Å²) >= 11 is 6.15. The van der Waals surface area contributed by atoms with E-state index in [4.69, 9.17) is 11.6 Å². The molecule has 0 bridgehead atoms. The van der Waals surface area contributed by atoms with Gasteiger partial charge in [-0.15, -0.1) is 0 Å². The minimum absolute atomic E-state index is 0.0262. The van der Waals surface area contributed by atoms with Crippen molar-refractivity contribution in [3.05, 3.63) is 56.5 Å². The molecule has 2 heterocycles. The van der Waals surface area contributed by atoms with E-state index in [9.17, 15) is 13.2 Å². The number of aromatic nitrogens is 2. The molecular weight excluding hydrogens is 324 g/mol. The van der Waals surface area contributed by atoms with Gasteiger partial charge in [-0.25, -0.2) is 13.1 Å². The van der Waals surface area contributed by atoms with Crippen molar-refractivity contribution in [2.75, 3.05) is 11.5 Å². The molecule has 1 N–H and O–H groups in total. The van der Waals surface area contributed by atoms with Crippen LogP contribution in [0.25, 0.3) is 0 Å². The van der Waals surface area contributed by atoms with E-state index in [1.807, 2.05) is 25.1 Å². The van der Waals surface area contributed by atoms with Crippen molar-refractivity contribution in [2.45, 2.75) is 25.8 Å². The smallest absolute Gasteiger partial charge is 0.270 e. The summed E-state index contributed by atoms with van der Waals surface area (Å²) in [5, 5.41) is 3.65. The van der Waals surface area contributed by atoms with Crippen molar-refractivity contribution in [1.29, 1.82) is 0 Å². The van der Waals surface area contributed by atoms with Gasteiger partial charge in [-0.2, -0.15) is 0 Å². The van der Waals surface area contributed by atoms with Crippen LogP contribution in [0.4, 0.5) is 0 Å². The highest BCUT2D eigenvalue weighted by molar-refractivity contribution is 7.91. The van der Waals surface area contributed by atoms with Crippen molar-refractivity contribution >= 4 is 21.4 Å². The average molecular weight is 341 g/mol. The van der Waals surface area contributed by atoms with Gasteiger partial charge in [0.05, 0.1) is 17.5 Å². The molecule has 1 aromatic heterocycles. The van der Waals surface area contributed by atoms with Gasteiger partial charge in [0, 0.05) is 22.7 Å². The second kappa shape index (κ2) is 5.59. The Balaban J connectivity index is 1.95. The van der Waals surface area contributed by atoms with Gasteiger partial charge in [0.15, 0.2) is 9.84 Å². The fraction of sp³-hybridized carbons (Fsp3) is 0.400. The molecule has 1 aliphatic rings. The summed E-state index contributed by atoms with van der Waals surface area (Å²) in [5.41, 5.74) is 2.13. The first-order valence-electron chi connectivity index (χ1n) is 7.11. The Labute approximate surface area is 133 Å². The number of benzene rings is 1. The van der Waals surface area contributed by atoms with Gasteiger partial charge in [0.2, 0.25) is 0 Å². The van der Waals surface area contributed by atoms with E-state index in [0.29, 0.717) is 23.4 Å². The predicted octanol–water partition coefficient (Wildman–Crippen LogP) is 2.09. The molecule has 22 heavy (non-hydrogen) atoms. The van der Waals surface area contributed by atoms with E-state index in [0.717, 1.165) is 11.3 Å². The third-order valence-corrected chi connectivity index (χ3v) is 6.24. The number of rotatable bonds is 3. The molecule has 0 spiro atoms. The topological polar surface area (TPSA) is 71.9 Å². The molecule has 118 valence electrons. The Hall–Kier alpha value is -1.53. The van der Waals surface area contributed by atoms with Crippen LogP contribution in [0.15, 0.2) is 29.1 Å². The van der Waals surface area contributed by atoms with Crippen molar-refractivity contribution < 1.29 is 8.42 Å². The van der Waals surface area contributed by atoms with E-state index < -0.39 is 9.84 Å². The van der Waals surface area contributed by atoms with Crippen LogP contribution in [0.1, 0.15) is 29.3 Å². The maximum Gasteiger partial charge on any atom is 0.270 e. The molecule has 1 aromatic carbocycles. The summed E-state index contributed by atoms with van der Waals surface area (Å²) < 4.78 is 24.7. The number of hydrogen-bond acceptors (Lipinski definition) is 3. The zero-order valence-electron chi connectivity index (χ0n) is 12.2. The number of hydrogen-bond donors (Lipinski definition) is 1. The predicted molar refractivity (Wildman–Crippen MR) is 86.4 cm³/mol. The number of sulfone groups is 1. The van der Waals surface area contributed by atoms with Gasteiger partial charge in [-0.05, 0) is 25.0 Å². The molecular formula is C15H17ClN2O3S. The summed E-state index contributed by atoms with van der Waals surface area (Å²) in [6, 6.07) is 7.11. The van der Waals surface area contributed by atoms with E-state index in [1.165, 1.54) is 4.68 Å². The number of nitrogens with one attached hydrogen (secondary N) is 1. The molecule has 1 fully saturated rings. The quantitative estimate of drug-likeness (QED) is 0.929. The Morgan fingerprint density at radius 1 is 1.36 bits per heavy atom. The van der Waals surface area contributed by atoms with Gasteiger partial charge in [0.1, 0.15) is 0 Å².